The van der Waals surface area contributed by atoms with Crippen molar-refractivity contribution >= 4 is 37.2 Å². The first-order chi connectivity index (χ1) is 4.80. The summed E-state index contributed by atoms with van der Waals surface area (Å²) in [6.07, 6.45) is 5.90. The molecule has 11 heavy (non-hydrogen) atoms. The molecule has 0 amide bonds. The highest BCUT2D eigenvalue weighted by molar-refractivity contribution is 15.0. The summed E-state index contributed by atoms with van der Waals surface area (Å²) in [6, 6.07) is 0. The molecule has 0 aromatic rings. The molecule has 0 spiro atoms. The van der Waals surface area contributed by atoms with Crippen LogP contribution in [-0.2, 0) is 0 Å². The van der Waals surface area contributed by atoms with E-state index in [1.165, 1.54) is 25.7 Å². The van der Waals surface area contributed by atoms with Crippen molar-refractivity contribution in [2.75, 3.05) is 0 Å². The van der Waals surface area contributed by atoms with E-state index in [0.29, 0.717) is 0 Å². The summed E-state index contributed by atoms with van der Waals surface area (Å²) >= 11 is 4.24. The van der Waals surface area contributed by atoms with Gasteiger partial charge in [-0.25, -0.2) is 0 Å². The summed E-state index contributed by atoms with van der Waals surface area (Å²) in [5.74, 6) is 2.01. The molecule has 0 aliphatic heterocycles. The van der Waals surface area contributed by atoms with E-state index < -0.39 is 0 Å². The van der Waals surface area contributed by atoms with E-state index in [1.54, 1.807) is 0 Å². The Labute approximate surface area is 95.2 Å². The van der Waals surface area contributed by atoms with Crippen LogP contribution >= 0.6 is 37.2 Å². The van der Waals surface area contributed by atoms with Crippen molar-refractivity contribution in [3.05, 3.63) is 0 Å². The molecule has 0 N–H and O–H groups in total. The summed E-state index contributed by atoms with van der Waals surface area (Å²) in [5, 5.41) is 0. The molecule has 1 saturated carbocycles. The Morgan fingerprint density at radius 1 is 0.909 bits per heavy atom. The van der Waals surface area contributed by atoms with Crippen molar-refractivity contribution in [2.24, 2.45) is 11.8 Å². The Kier molecular flexibility index (Phi) is 13.0. The fourth-order valence-electron chi connectivity index (χ4n) is 1.50. The first-order valence-electron chi connectivity index (χ1n) is 3.95. The van der Waals surface area contributed by atoms with E-state index in [2.05, 4.69) is 51.1 Å². The van der Waals surface area contributed by atoms with Crippen molar-refractivity contribution < 1.29 is 0 Å². The van der Waals surface area contributed by atoms with Crippen molar-refractivity contribution in [1.29, 1.82) is 0 Å². The van der Waals surface area contributed by atoms with Gasteiger partial charge in [0, 0.05) is 37.2 Å². The number of rotatable bonds is 0. The second kappa shape index (κ2) is 9.55. The average Bonchev–Trinajstić information content (AvgIpc) is 2.00. The monoisotopic (exact) mass is 382 g/mol. The Balaban J connectivity index is 0. The zero-order chi connectivity index (χ0) is 7.98. The van der Waals surface area contributed by atoms with Gasteiger partial charge in [-0.15, -0.1) is 0 Å². The molecular weight excluding hydrogens is 362 g/mol. The van der Waals surface area contributed by atoms with Gasteiger partial charge in [0.2, 0.25) is 0 Å². The summed E-state index contributed by atoms with van der Waals surface area (Å²) in [5.41, 5.74) is 0. The van der Waals surface area contributed by atoms with Gasteiger partial charge in [-0.2, -0.15) is 0 Å². The lowest BCUT2D eigenvalue weighted by molar-refractivity contribution is 0.277. The van der Waals surface area contributed by atoms with Crippen LogP contribution in [0.15, 0.2) is 0 Å². The first-order valence-corrected chi connectivity index (χ1v) is 10.2. The molecular formula is C9H20I2. The fourth-order valence-corrected chi connectivity index (χ4v) is 1.50. The third kappa shape index (κ3) is 6.61. The topological polar surface area (TPSA) is 0 Å². The highest BCUT2D eigenvalue weighted by Gasteiger charge is 2.15. The van der Waals surface area contributed by atoms with Crippen LogP contribution < -0.4 is 0 Å². The van der Waals surface area contributed by atoms with E-state index in [9.17, 15) is 0 Å². The summed E-state index contributed by atoms with van der Waals surface area (Å²) in [7, 11) is 0. The smallest absolute Gasteiger partial charge is 0 e. The van der Waals surface area contributed by atoms with Crippen LogP contribution in [0.2, 0.25) is 0 Å². The maximum Gasteiger partial charge on any atom is 0 e. The van der Waals surface area contributed by atoms with Crippen LogP contribution in [0, 0.1) is 11.8 Å². The van der Waals surface area contributed by atoms with Crippen LogP contribution in [0.5, 0.6) is 0 Å². The van der Waals surface area contributed by atoms with Gasteiger partial charge in [0.25, 0.3) is 0 Å². The van der Waals surface area contributed by atoms with Gasteiger partial charge in [0.1, 0.15) is 0 Å². The van der Waals surface area contributed by atoms with Crippen molar-refractivity contribution in [1.82, 2.24) is 0 Å². The molecule has 0 heterocycles. The van der Waals surface area contributed by atoms with Gasteiger partial charge in [0.15, 0.2) is 0 Å². The normalized spacial score (nSPS) is 29.5. The van der Waals surface area contributed by atoms with E-state index in [-0.39, 0.29) is 7.43 Å². The van der Waals surface area contributed by atoms with Gasteiger partial charge >= 0.3 is 0 Å². The van der Waals surface area contributed by atoms with Crippen molar-refractivity contribution in [3.63, 3.8) is 0 Å². The standard InChI is InChI=1S/C8H16.CH4.I2/c1-7-5-3-4-6-8(7)2;;1-2/h7-8H,3-6H2,1-2H3;1H4;. The summed E-state index contributed by atoms with van der Waals surface area (Å²) in [6.45, 7) is 4.76. The molecule has 70 valence electrons. The number of hydrogen-bond acceptors (Lipinski definition) is 0. The maximum absolute atomic E-state index is 2.38. The van der Waals surface area contributed by atoms with Crippen LogP contribution in [0.25, 0.3) is 0 Å². The molecule has 1 aliphatic carbocycles. The highest BCUT2D eigenvalue weighted by atomic mass is 128. The van der Waals surface area contributed by atoms with Gasteiger partial charge < -0.3 is 0 Å². The van der Waals surface area contributed by atoms with E-state index in [0.717, 1.165) is 11.8 Å². The van der Waals surface area contributed by atoms with Crippen LogP contribution in [-0.4, -0.2) is 0 Å². The van der Waals surface area contributed by atoms with E-state index in [1.807, 2.05) is 0 Å². The molecule has 0 radical (unpaired) electrons. The predicted octanol–water partition coefficient (Wildman–Crippen LogP) is 5.24. The molecule has 2 atom stereocenters. The molecule has 1 fully saturated rings. The Morgan fingerprint density at radius 3 is 1.36 bits per heavy atom. The quantitative estimate of drug-likeness (QED) is 0.503. The van der Waals surface area contributed by atoms with Gasteiger partial charge in [-0.3, -0.25) is 0 Å². The van der Waals surface area contributed by atoms with Crippen LogP contribution in [0.4, 0.5) is 0 Å². The third-order valence-electron chi connectivity index (χ3n) is 2.54. The zero-order valence-electron chi connectivity index (χ0n) is 6.74. The zero-order valence-corrected chi connectivity index (χ0v) is 11.1. The molecule has 2 unspecified atom stereocenters. The molecule has 0 aromatic carbocycles. The van der Waals surface area contributed by atoms with Crippen molar-refractivity contribution in [2.45, 2.75) is 47.0 Å². The van der Waals surface area contributed by atoms with Gasteiger partial charge in [-0.05, 0) is 11.8 Å². The fraction of sp³-hybridized carbons (Fsp3) is 1.00. The largest absolute Gasteiger partial charge is 0.0776 e. The lowest BCUT2D eigenvalue weighted by Crippen LogP contribution is -2.12. The minimum absolute atomic E-state index is 0. The lowest BCUT2D eigenvalue weighted by Gasteiger charge is -2.24. The summed E-state index contributed by atoms with van der Waals surface area (Å²) < 4.78 is 0. The molecule has 0 nitrogen and oxygen atoms in total. The molecule has 0 aromatic heterocycles. The molecule has 2 heteroatoms. The average molecular weight is 382 g/mol. The number of hydrogen-bond donors (Lipinski definition) is 0. The summed E-state index contributed by atoms with van der Waals surface area (Å²) in [4.78, 5) is 0. The van der Waals surface area contributed by atoms with Crippen LogP contribution in [0.1, 0.15) is 47.0 Å². The van der Waals surface area contributed by atoms with Gasteiger partial charge in [0.05, 0.1) is 0 Å². The molecule has 0 bridgehead atoms. The van der Waals surface area contributed by atoms with E-state index >= 15 is 0 Å². The first kappa shape index (κ1) is 15.0. The SMILES string of the molecule is C.CC1CCCCC1C.II. The minimum atomic E-state index is 0. The molecule has 1 rings (SSSR count). The second-order valence-electron chi connectivity index (χ2n) is 3.24. The Hall–Kier alpha value is 1.46. The van der Waals surface area contributed by atoms with Crippen molar-refractivity contribution in [3.8, 4) is 0 Å². The third-order valence-corrected chi connectivity index (χ3v) is 2.54. The number of halogens is 2. The minimum Gasteiger partial charge on any atom is -0.0776 e. The van der Waals surface area contributed by atoms with Gasteiger partial charge in [-0.1, -0.05) is 47.0 Å². The second-order valence-corrected chi connectivity index (χ2v) is 3.24. The lowest BCUT2D eigenvalue weighted by atomic mass is 9.82. The highest BCUT2D eigenvalue weighted by Crippen LogP contribution is 2.28. The maximum atomic E-state index is 2.38. The molecule has 0 saturated heterocycles. The Bertz CT molecular complexity index is 64.0. The van der Waals surface area contributed by atoms with Crippen LogP contribution in [0.3, 0.4) is 0 Å². The van der Waals surface area contributed by atoms with E-state index in [4.69, 9.17) is 0 Å². The predicted molar refractivity (Wildman–Crippen MR) is 71.6 cm³/mol. The molecule has 1 aliphatic rings. The Morgan fingerprint density at radius 2 is 1.18 bits per heavy atom.